The minimum atomic E-state index is -2.55. The maximum atomic E-state index is 11.8. The molecule has 0 aromatic heterocycles. The van der Waals surface area contributed by atoms with Gasteiger partial charge >= 0.3 is 17.9 Å². The van der Waals surface area contributed by atoms with Gasteiger partial charge in [-0.05, 0) is 0 Å². The highest BCUT2D eigenvalue weighted by Gasteiger charge is 2.55. The number of likely N-dealkylation sites (tertiary alicyclic amines) is 1. The summed E-state index contributed by atoms with van der Waals surface area (Å²) < 4.78 is 0. The van der Waals surface area contributed by atoms with Gasteiger partial charge in [0.15, 0.2) is 5.60 Å². The van der Waals surface area contributed by atoms with Crippen LogP contribution in [0.1, 0.15) is 19.3 Å². The van der Waals surface area contributed by atoms with Crippen molar-refractivity contribution in [2.75, 3.05) is 0 Å². The molecular weight excluding hydrogens is 278 g/mol. The molecule has 1 aliphatic heterocycles. The van der Waals surface area contributed by atoms with Gasteiger partial charge in [-0.3, -0.25) is 24.1 Å². The van der Waals surface area contributed by atoms with E-state index in [0.29, 0.717) is 0 Å². The van der Waals surface area contributed by atoms with Crippen molar-refractivity contribution in [2.45, 2.75) is 30.9 Å². The highest BCUT2D eigenvalue weighted by Crippen LogP contribution is 2.30. The van der Waals surface area contributed by atoms with Crippen LogP contribution >= 0.6 is 0 Å². The molecule has 10 nitrogen and oxygen atoms in total. The van der Waals surface area contributed by atoms with E-state index in [1.54, 1.807) is 0 Å². The maximum absolute atomic E-state index is 11.8. The SMILES string of the molecule is O=C(O)CC(C(=O)O)N1C(=O)C[C@](O)(CC(=O)O)C1=O. The molecule has 0 bridgehead atoms. The van der Waals surface area contributed by atoms with E-state index < -0.39 is 60.6 Å². The lowest BCUT2D eigenvalue weighted by Crippen LogP contribution is -2.49. The van der Waals surface area contributed by atoms with Gasteiger partial charge < -0.3 is 20.4 Å². The van der Waals surface area contributed by atoms with Gasteiger partial charge in [-0.2, -0.15) is 0 Å². The Hall–Kier alpha value is -2.49. The zero-order valence-electron chi connectivity index (χ0n) is 9.98. The van der Waals surface area contributed by atoms with Gasteiger partial charge in [-0.15, -0.1) is 0 Å². The Kier molecular flexibility index (Phi) is 4.08. The zero-order valence-corrected chi connectivity index (χ0v) is 9.98. The quantitative estimate of drug-likeness (QED) is 0.399. The number of carboxylic acids is 3. The highest BCUT2D eigenvalue weighted by atomic mass is 16.4. The van der Waals surface area contributed by atoms with E-state index in [9.17, 15) is 29.1 Å². The van der Waals surface area contributed by atoms with E-state index in [2.05, 4.69) is 0 Å². The van der Waals surface area contributed by atoms with Gasteiger partial charge in [0.2, 0.25) is 5.91 Å². The van der Waals surface area contributed by atoms with Crippen molar-refractivity contribution >= 4 is 29.7 Å². The number of hydrogen-bond acceptors (Lipinski definition) is 6. The van der Waals surface area contributed by atoms with E-state index in [4.69, 9.17) is 15.3 Å². The summed E-state index contributed by atoms with van der Waals surface area (Å²) in [6, 6.07) is -1.99. The van der Waals surface area contributed by atoms with Crippen molar-refractivity contribution < 1.29 is 44.4 Å². The lowest BCUT2D eigenvalue weighted by atomic mass is 9.98. The molecular formula is C10H11NO9. The van der Waals surface area contributed by atoms with Crippen molar-refractivity contribution in [3.05, 3.63) is 0 Å². The Morgan fingerprint density at radius 2 is 1.70 bits per heavy atom. The first-order chi connectivity index (χ1) is 9.08. The smallest absolute Gasteiger partial charge is 0.327 e. The third-order valence-corrected chi connectivity index (χ3v) is 2.74. The van der Waals surface area contributed by atoms with Crippen LogP contribution in [0.2, 0.25) is 0 Å². The molecule has 110 valence electrons. The number of carbonyl (C=O) groups excluding carboxylic acids is 2. The number of aliphatic carboxylic acids is 3. The number of rotatable bonds is 6. The van der Waals surface area contributed by atoms with Crippen LogP contribution in [0.15, 0.2) is 0 Å². The summed E-state index contributed by atoms with van der Waals surface area (Å²) in [6.45, 7) is 0. The van der Waals surface area contributed by atoms with E-state index in [1.807, 2.05) is 0 Å². The Morgan fingerprint density at radius 1 is 1.15 bits per heavy atom. The van der Waals surface area contributed by atoms with Gasteiger partial charge in [0.1, 0.15) is 6.04 Å². The Labute approximate surface area is 111 Å². The molecule has 0 radical (unpaired) electrons. The van der Waals surface area contributed by atoms with Crippen LogP contribution in [0.3, 0.4) is 0 Å². The monoisotopic (exact) mass is 289 g/mol. The first-order valence-corrected chi connectivity index (χ1v) is 5.34. The van der Waals surface area contributed by atoms with Gasteiger partial charge in [0.25, 0.3) is 5.91 Å². The first-order valence-electron chi connectivity index (χ1n) is 5.34. The topological polar surface area (TPSA) is 170 Å². The predicted octanol–water partition coefficient (Wildman–Crippen LogP) is -2.12. The summed E-state index contributed by atoms with van der Waals surface area (Å²) in [7, 11) is 0. The number of imide groups is 1. The van der Waals surface area contributed by atoms with E-state index in [1.165, 1.54) is 0 Å². The second kappa shape index (κ2) is 5.25. The molecule has 1 heterocycles. The molecule has 1 saturated heterocycles. The summed E-state index contributed by atoms with van der Waals surface area (Å²) >= 11 is 0. The van der Waals surface area contributed by atoms with Crippen LogP contribution in [0.25, 0.3) is 0 Å². The molecule has 1 aliphatic rings. The summed E-state index contributed by atoms with van der Waals surface area (Å²) in [5.41, 5.74) is -2.55. The maximum Gasteiger partial charge on any atom is 0.327 e. The Bertz CT molecular complexity index is 499. The molecule has 4 N–H and O–H groups in total. The van der Waals surface area contributed by atoms with Crippen LogP contribution in [0.5, 0.6) is 0 Å². The summed E-state index contributed by atoms with van der Waals surface area (Å²) in [5, 5.41) is 35.8. The minimum absolute atomic E-state index is 0.0966. The number of carbonyl (C=O) groups is 5. The van der Waals surface area contributed by atoms with Crippen LogP contribution in [0, 0.1) is 0 Å². The van der Waals surface area contributed by atoms with Crippen LogP contribution in [0.4, 0.5) is 0 Å². The van der Waals surface area contributed by atoms with Crippen LogP contribution in [-0.4, -0.2) is 66.7 Å². The molecule has 0 saturated carbocycles. The van der Waals surface area contributed by atoms with Crippen LogP contribution in [-0.2, 0) is 24.0 Å². The van der Waals surface area contributed by atoms with E-state index >= 15 is 0 Å². The van der Waals surface area contributed by atoms with Crippen molar-refractivity contribution in [1.82, 2.24) is 4.90 Å². The Balaban J connectivity index is 3.09. The van der Waals surface area contributed by atoms with Gasteiger partial charge in [0.05, 0.1) is 19.3 Å². The average molecular weight is 289 g/mol. The fourth-order valence-electron chi connectivity index (χ4n) is 1.91. The number of hydrogen-bond donors (Lipinski definition) is 4. The molecule has 0 aliphatic carbocycles. The second-order valence-electron chi connectivity index (χ2n) is 4.30. The summed E-state index contributed by atoms with van der Waals surface area (Å²) in [5.74, 6) is -7.41. The molecule has 0 spiro atoms. The normalized spacial score (nSPS) is 23.8. The highest BCUT2D eigenvalue weighted by molar-refractivity contribution is 6.11. The van der Waals surface area contributed by atoms with E-state index in [0.717, 1.165) is 0 Å². The Morgan fingerprint density at radius 3 is 2.10 bits per heavy atom. The van der Waals surface area contributed by atoms with E-state index in [-0.39, 0.29) is 4.90 Å². The second-order valence-corrected chi connectivity index (χ2v) is 4.30. The summed E-state index contributed by atoms with van der Waals surface area (Å²) in [6.07, 6.45) is -3.02. The average Bonchev–Trinajstić information content (AvgIpc) is 2.45. The molecule has 10 heteroatoms. The summed E-state index contributed by atoms with van der Waals surface area (Å²) in [4.78, 5) is 55.6. The minimum Gasteiger partial charge on any atom is -0.481 e. The first kappa shape index (κ1) is 15.6. The molecule has 0 aromatic carbocycles. The molecule has 0 aromatic rings. The number of nitrogens with zero attached hydrogens (tertiary/aromatic N) is 1. The fraction of sp³-hybridized carbons (Fsp3) is 0.500. The molecule has 1 fully saturated rings. The number of carboxylic acid groups (broad SMARTS) is 3. The lowest BCUT2D eigenvalue weighted by Gasteiger charge is -2.23. The molecule has 1 rings (SSSR count). The van der Waals surface area contributed by atoms with Crippen molar-refractivity contribution in [3.63, 3.8) is 0 Å². The number of amides is 2. The molecule has 20 heavy (non-hydrogen) atoms. The standard InChI is InChI=1S/C10H11NO9/c12-5-2-10(20,3-7(15)16)9(19)11(5)4(8(17)18)1-6(13)14/h4,20H,1-3H2,(H,13,14)(H,15,16)(H,17,18)/t4?,10-/m0/s1. The van der Waals surface area contributed by atoms with Crippen molar-refractivity contribution in [2.24, 2.45) is 0 Å². The molecule has 2 atom stereocenters. The predicted molar refractivity (Wildman–Crippen MR) is 57.3 cm³/mol. The van der Waals surface area contributed by atoms with Gasteiger partial charge in [0, 0.05) is 0 Å². The molecule has 1 unspecified atom stereocenters. The number of aliphatic hydroxyl groups is 1. The fourth-order valence-corrected chi connectivity index (χ4v) is 1.91. The van der Waals surface area contributed by atoms with Gasteiger partial charge in [-0.1, -0.05) is 0 Å². The van der Waals surface area contributed by atoms with Crippen LogP contribution < -0.4 is 0 Å². The largest absolute Gasteiger partial charge is 0.481 e. The third kappa shape index (κ3) is 2.91. The van der Waals surface area contributed by atoms with Gasteiger partial charge in [-0.25, -0.2) is 4.79 Å². The third-order valence-electron chi connectivity index (χ3n) is 2.74. The lowest BCUT2D eigenvalue weighted by molar-refractivity contribution is -0.162. The zero-order chi connectivity index (χ0) is 15.7. The van der Waals surface area contributed by atoms with Crippen molar-refractivity contribution in [3.8, 4) is 0 Å². The van der Waals surface area contributed by atoms with Crippen molar-refractivity contribution in [1.29, 1.82) is 0 Å². The molecule has 2 amide bonds.